The van der Waals surface area contributed by atoms with Crippen molar-refractivity contribution >= 4 is 68.6 Å². The molecule has 0 aliphatic heterocycles. The second-order valence-electron chi connectivity index (χ2n) is 5.73. The fourth-order valence-electron chi connectivity index (χ4n) is 2.35. The largest absolute Gasteiger partial charge is 0.250 e. The van der Waals surface area contributed by atoms with E-state index < -0.39 is 0 Å². The summed E-state index contributed by atoms with van der Waals surface area (Å²) in [5, 5.41) is 0. The number of halogens is 3. The lowest BCUT2D eigenvalue weighted by Crippen LogP contribution is -2.35. The molecule has 98 valence electrons. The van der Waals surface area contributed by atoms with E-state index in [-0.39, 0.29) is 0 Å². The molecule has 0 aliphatic rings. The van der Waals surface area contributed by atoms with E-state index in [1.165, 1.54) is 12.8 Å². The van der Waals surface area contributed by atoms with Crippen molar-refractivity contribution in [2.75, 3.05) is 20.1 Å². The van der Waals surface area contributed by atoms with Crippen molar-refractivity contribution in [1.29, 1.82) is 0 Å². The molecule has 0 rings (SSSR count). The first-order chi connectivity index (χ1) is 7.10. The SMILES string of the molecule is CCC(C)(CN(C)I)CC(C)(C)CN(I)I. The van der Waals surface area contributed by atoms with Crippen molar-refractivity contribution < 1.29 is 0 Å². The molecule has 0 aliphatic carbocycles. The van der Waals surface area contributed by atoms with Crippen LogP contribution in [0.25, 0.3) is 0 Å². The Morgan fingerprint density at radius 2 is 1.50 bits per heavy atom. The zero-order valence-corrected chi connectivity index (χ0v) is 17.3. The van der Waals surface area contributed by atoms with Crippen LogP contribution in [0.1, 0.15) is 40.5 Å². The van der Waals surface area contributed by atoms with E-state index in [0.717, 1.165) is 13.1 Å². The fourth-order valence-corrected chi connectivity index (χ4v) is 5.02. The van der Waals surface area contributed by atoms with E-state index in [1.54, 1.807) is 0 Å². The molecule has 5 heteroatoms. The molecule has 0 aromatic rings. The van der Waals surface area contributed by atoms with Crippen LogP contribution in [0.2, 0.25) is 0 Å². The molecule has 0 radical (unpaired) electrons. The quantitative estimate of drug-likeness (QED) is 0.314. The van der Waals surface area contributed by atoms with Crippen LogP contribution in [-0.4, -0.2) is 24.6 Å². The third-order valence-electron chi connectivity index (χ3n) is 2.91. The lowest BCUT2D eigenvalue weighted by atomic mass is 9.72. The van der Waals surface area contributed by atoms with Crippen LogP contribution in [-0.2, 0) is 0 Å². The average Bonchev–Trinajstić information content (AvgIpc) is 1.98. The van der Waals surface area contributed by atoms with Gasteiger partial charge in [-0.15, -0.1) is 0 Å². The van der Waals surface area contributed by atoms with Gasteiger partial charge in [-0.2, -0.15) is 1.33 Å². The molecule has 2 nitrogen and oxygen atoms in total. The molecule has 0 spiro atoms. The second kappa shape index (κ2) is 7.64. The van der Waals surface area contributed by atoms with Gasteiger partial charge in [-0.3, -0.25) is 3.11 Å². The second-order valence-corrected chi connectivity index (χ2v) is 11.6. The van der Waals surface area contributed by atoms with Gasteiger partial charge in [0.2, 0.25) is 0 Å². The molecule has 0 heterocycles. The maximum absolute atomic E-state index is 2.41. The van der Waals surface area contributed by atoms with Gasteiger partial charge in [0.25, 0.3) is 0 Å². The van der Waals surface area contributed by atoms with Crippen molar-refractivity contribution in [3.63, 3.8) is 0 Å². The summed E-state index contributed by atoms with van der Waals surface area (Å²) in [6.07, 6.45) is 2.51. The highest BCUT2D eigenvalue weighted by molar-refractivity contribution is 14.2. The van der Waals surface area contributed by atoms with Crippen LogP contribution < -0.4 is 0 Å². The predicted molar refractivity (Wildman–Crippen MR) is 98.2 cm³/mol. The van der Waals surface area contributed by atoms with Gasteiger partial charge in [0.1, 0.15) is 0 Å². The van der Waals surface area contributed by atoms with E-state index in [0.29, 0.717) is 10.8 Å². The minimum Gasteiger partial charge on any atom is -0.250 e. The minimum atomic E-state index is 0.375. The molecule has 0 aromatic heterocycles. The van der Waals surface area contributed by atoms with E-state index in [1.807, 2.05) is 0 Å². The van der Waals surface area contributed by atoms with Gasteiger partial charge in [-0.05, 0) is 30.7 Å². The van der Waals surface area contributed by atoms with E-state index in [9.17, 15) is 0 Å². The normalized spacial score (nSPS) is 16.9. The first-order valence-electron chi connectivity index (χ1n) is 5.56. The van der Waals surface area contributed by atoms with Gasteiger partial charge in [-0.1, -0.05) is 27.7 Å². The molecule has 1 unspecified atom stereocenters. The maximum atomic E-state index is 2.41. The summed E-state index contributed by atoms with van der Waals surface area (Å²) < 4.78 is 4.52. The van der Waals surface area contributed by atoms with Crippen LogP contribution in [0.15, 0.2) is 0 Å². The summed E-state index contributed by atoms with van der Waals surface area (Å²) in [5.74, 6) is 0. The van der Waals surface area contributed by atoms with Crippen LogP contribution in [0.4, 0.5) is 0 Å². The Labute approximate surface area is 143 Å². The molecule has 0 amide bonds. The van der Waals surface area contributed by atoms with Gasteiger partial charge in [0, 0.05) is 81.7 Å². The van der Waals surface area contributed by atoms with Gasteiger partial charge >= 0.3 is 0 Å². The Balaban J connectivity index is 4.50. The lowest BCUT2D eigenvalue weighted by Gasteiger charge is -2.38. The molecule has 0 fully saturated rings. The smallest absolute Gasteiger partial charge is 0.0308 e. The van der Waals surface area contributed by atoms with Crippen LogP contribution in [0.5, 0.6) is 0 Å². The Kier molecular flexibility index (Phi) is 8.65. The van der Waals surface area contributed by atoms with Gasteiger partial charge in [0.05, 0.1) is 0 Å². The Bertz CT molecular complexity index is 207. The molecular formula is C11H23I3N2. The average molecular weight is 564 g/mol. The molecule has 1 atom stereocenters. The number of nitrogens with zero attached hydrogens (tertiary/aromatic N) is 2. The third kappa shape index (κ3) is 8.25. The summed E-state index contributed by atoms with van der Waals surface area (Å²) in [7, 11) is 2.16. The monoisotopic (exact) mass is 564 g/mol. The molecule has 0 saturated heterocycles. The van der Waals surface area contributed by atoms with Crippen molar-refractivity contribution in [3.05, 3.63) is 0 Å². The standard InChI is InChI=1S/C11H23I3N2/c1-6-11(4,9-15(5)12)7-10(2,3)8-16(13)14/h6-9H2,1-5H3. The summed E-state index contributed by atoms with van der Waals surface area (Å²) in [4.78, 5) is 0. The first kappa shape index (κ1) is 18.1. The van der Waals surface area contributed by atoms with E-state index in [2.05, 4.69) is 108 Å². The topological polar surface area (TPSA) is 6.48 Å². The van der Waals surface area contributed by atoms with Crippen molar-refractivity contribution in [3.8, 4) is 0 Å². The Morgan fingerprint density at radius 3 is 1.81 bits per heavy atom. The van der Waals surface area contributed by atoms with Crippen LogP contribution in [0, 0.1) is 10.8 Å². The maximum Gasteiger partial charge on any atom is 0.0308 e. The molecule has 0 saturated carbocycles. The molecule has 0 N–H and O–H groups in total. The summed E-state index contributed by atoms with van der Waals surface area (Å²) in [5.41, 5.74) is 0.794. The summed E-state index contributed by atoms with van der Waals surface area (Å²) in [6, 6.07) is 0. The molecule has 0 aromatic carbocycles. The molecule has 0 bridgehead atoms. The third-order valence-corrected chi connectivity index (χ3v) is 3.93. The fraction of sp³-hybridized carbons (Fsp3) is 1.00. The number of hydrogen-bond acceptors (Lipinski definition) is 2. The van der Waals surface area contributed by atoms with Crippen LogP contribution in [0.3, 0.4) is 0 Å². The van der Waals surface area contributed by atoms with E-state index >= 15 is 0 Å². The van der Waals surface area contributed by atoms with Gasteiger partial charge < -0.3 is 0 Å². The van der Waals surface area contributed by atoms with Gasteiger partial charge in [0.15, 0.2) is 0 Å². The number of rotatable bonds is 7. The lowest BCUT2D eigenvalue weighted by molar-refractivity contribution is 0.150. The highest BCUT2D eigenvalue weighted by atomic mass is 127. The minimum absolute atomic E-state index is 0.375. The zero-order chi connectivity index (χ0) is 13.0. The number of hydrogen-bond donors (Lipinski definition) is 0. The highest BCUT2D eigenvalue weighted by Crippen LogP contribution is 2.38. The molecular weight excluding hydrogens is 541 g/mol. The van der Waals surface area contributed by atoms with Crippen molar-refractivity contribution in [1.82, 2.24) is 4.44 Å². The van der Waals surface area contributed by atoms with Crippen molar-refractivity contribution in [2.24, 2.45) is 10.8 Å². The van der Waals surface area contributed by atoms with E-state index in [4.69, 9.17) is 0 Å². The summed E-state index contributed by atoms with van der Waals surface area (Å²) >= 11 is 7.12. The molecule has 16 heavy (non-hydrogen) atoms. The highest BCUT2D eigenvalue weighted by Gasteiger charge is 2.32. The first-order valence-corrected chi connectivity index (χ1v) is 8.46. The predicted octanol–water partition coefficient (Wildman–Crippen LogP) is 5.10. The Morgan fingerprint density at radius 1 is 1.00 bits per heavy atom. The Hall–Kier alpha value is 2.11. The zero-order valence-electron chi connectivity index (χ0n) is 10.9. The van der Waals surface area contributed by atoms with Gasteiger partial charge in [-0.25, -0.2) is 0 Å². The summed E-state index contributed by atoms with van der Waals surface area (Å²) in [6.45, 7) is 11.8. The van der Waals surface area contributed by atoms with Crippen molar-refractivity contribution in [2.45, 2.75) is 40.5 Å². The van der Waals surface area contributed by atoms with Crippen LogP contribution >= 0.6 is 68.6 Å².